The van der Waals surface area contributed by atoms with E-state index in [4.69, 9.17) is 16.6 Å². The van der Waals surface area contributed by atoms with Crippen molar-refractivity contribution in [1.82, 2.24) is 19.4 Å². The fraction of sp³-hybridized carbons (Fsp3) is 0.581. The van der Waals surface area contributed by atoms with Crippen molar-refractivity contribution in [2.45, 2.75) is 101 Å². The van der Waals surface area contributed by atoms with Gasteiger partial charge in [-0.05, 0) is 82.2 Å². The van der Waals surface area contributed by atoms with Crippen molar-refractivity contribution in [1.29, 1.82) is 0 Å². The van der Waals surface area contributed by atoms with Gasteiger partial charge >= 0.3 is 0 Å². The lowest BCUT2D eigenvalue weighted by atomic mass is 9.70. The van der Waals surface area contributed by atoms with Crippen LogP contribution in [-0.2, 0) is 10.2 Å². The number of halogens is 1. The van der Waals surface area contributed by atoms with Gasteiger partial charge in [0.25, 0.3) is 0 Å². The van der Waals surface area contributed by atoms with Gasteiger partial charge in [0.05, 0.1) is 23.0 Å². The predicted octanol–water partition coefficient (Wildman–Crippen LogP) is 6.65. The van der Waals surface area contributed by atoms with Crippen LogP contribution < -0.4 is 4.90 Å². The van der Waals surface area contributed by atoms with E-state index < -0.39 is 0 Å². The van der Waals surface area contributed by atoms with Gasteiger partial charge in [-0.1, -0.05) is 49.4 Å². The number of hydrogen-bond donors (Lipinski definition) is 0. The van der Waals surface area contributed by atoms with Crippen molar-refractivity contribution in [3.63, 3.8) is 0 Å². The molecule has 6 nitrogen and oxygen atoms in total. The molecule has 2 aliphatic heterocycles. The summed E-state index contributed by atoms with van der Waals surface area (Å²) in [5, 5.41) is 0.516. The Labute approximate surface area is 229 Å². The first kappa shape index (κ1) is 23.4. The molecule has 0 unspecified atom stereocenters. The molecule has 2 aromatic heterocycles. The summed E-state index contributed by atoms with van der Waals surface area (Å²) < 4.78 is 2.18. The highest BCUT2D eigenvalue weighted by atomic mass is 35.5. The number of rotatable bonds is 4. The summed E-state index contributed by atoms with van der Waals surface area (Å²) in [5.41, 5.74) is 5.73. The molecule has 4 fully saturated rings. The van der Waals surface area contributed by atoms with Crippen LogP contribution >= 0.6 is 11.6 Å². The van der Waals surface area contributed by atoms with Gasteiger partial charge < -0.3 is 14.4 Å². The minimum absolute atomic E-state index is 0.304. The topological polar surface area (TPSA) is 54.3 Å². The molecule has 0 bridgehead atoms. The third-order valence-corrected chi connectivity index (χ3v) is 10.5. The molecule has 1 amide bonds. The highest BCUT2D eigenvalue weighted by Gasteiger charge is 2.54. The first-order valence-electron chi connectivity index (χ1n) is 14.9. The van der Waals surface area contributed by atoms with E-state index in [0.29, 0.717) is 29.2 Å². The number of pyridine rings is 1. The largest absolute Gasteiger partial charge is 0.325 e. The molecule has 1 spiro atoms. The lowest BCUT2D eigenvalue weighted by Gasteiger charge is -2.48. The summed E-state index contributed by atoms with van der Waals surface area (Å²) in [5.74, 6) is 0.357. The second-order valence-electron chi connectivity index (χ2n) is 12.5. The van der Waals surface area contributed by atoms with Gasteiger partial charge in [-0.15, -0.1) is 0 Å². The van der Waals surface area contributed by atoms with E-state index in [1.807, 2.05) is 6.33 Å². The van der Waals surface area contributed by atoms with Crippen LogP contribution in [0.15, 0.2) is 30.6 Å². The summed E-state index contributed by atoms with van der Waals surface area (Å²) in [6, 6.07) is 10.1. The summed E-state index contributed by atoms with van der Waals surface area (Å²) >= 11 is 6.75. The minimum Gasteiger partial charge on any atom is -0.325 e. The van der Waals surface area contributed by atoms with E-state index in [2.05, 4.69) is 43.6 Å². The average Bonchev–Trinajstić information content (AvgIpc) is 3.64. The van der Waals surface area contributed by atoms with E-state index in [1.54, 1.807) is 0 Å². The Hall–Kier alpha value is -2.44. The van der Waals surface area contributed by atoms with Crippen molar-refractivity contribution in [3.8, 4) is 11.3 Å². The van der Waals surface area contributed by atoms with Crippen molar-refractivity contribution in [2.75, 3.05) is 18.0 Å². The second-order valence-corrected chi connectivity index (χ2v) is 12.8. The quantitative estimate of drug-likeness (QED) is 0.355. The normalized spacial score (nSPS) is 27.2. The number of amides is 1. The lowest BCUT2D eigenvalue weighted by Crippen LogP contribution is -2.57. The summed E-state index contributed by atoms with van der Waals surface area (Å²) in [6.45, 7) is 2.45. The van der Waals surface area contributed by atoms with Crippen LogP contribution in [0.3, 0.4) is 0 Å². The van der Waals surface area contributed by atoms with Crippen molar-refractivity contribution >= 4 is 34.2 Å². The molecule has 3 saturated carbocycles. The Morgan fingerprint density at radius 2 is 1.66 bits per heavy atom. The molecule has 0 atom stereocenters. The van der Waals surface area contributed by atoms with E-state index in [9.17, 15) is 4.79 Å². The number of aromatic nitrogens is 3. The second kappa shape index (κ2) is 8.79. The Bertz CT molecular complexity index is 1410. The van der Waals surface area contributed by atoms with Gasteiger partial charge in [-0.3, -0.25) is 4.79 Å². The molecule has 3 aliphatic carbocycles. The standard InChI is InChI=1S/C31H36ClN5O/c32-29-28-26(33-19-36(28)21-8-9-21)18-25(34-29)20-7-10-24-27(15-20)37(30(38)31(24)11-3-1-4-12-31)23-16-22(17-23)35-13-5-2-6-14-35/h7,10,15,18-19,21-23H,1-6,8-9,11-14,16-17H2. The average molecular weight is 530 g/mol. The van der Waals surface area contributed by atoms with Crippen LogP contribution in [0.2, 0.25) is 5.15 Å². The number of piperidine rings is 1. The number of imidazole rings is 1. The Balaban J connectivity index is 1.16. The van der Waals surface area contributed by atoms with Gasteiger partial charge in [-0.2, -0.15) is 0 Å². The van der Waals surface area contributed by atoms with Gasteiger partial charge in [-0.25, -0.2) is 9.97 Å². The number of likely N-dealkylation sites (tertiary alicyclic amines) is 1. The van der Waals surface area contributed by atoms with Gasteiger partial charge in [0.1, 0.15) is 5.52 Å². The molecular weight excluding hydrogens is 494 g/mol. The van der Waals surface area contributed by atoms with E-state index in [1.165, 1.54) is 57.2 Å². The molecule has 3 aromatic rings. The first-order valence-corrected chi connectivity index (χ1v) is 15.3. The molecule has 7 heteroatoms. The zero-order chi connectivity index (χ0) is 25.4. The lowest BCUT2D eigenvalue weighted by molar-refractivity contribution is -0.125. The first-order chi connectivity index (χ1) is 18.6. The maximum absolute atomic E-state index is 14.3. The van der Waals surface area contributed by atoms with E-state index in [-0.39, 0.29) is 5.41 Å². The van der Waals surface area contributed by atoms with Crippen LogP contribution in [0.1, 0.15) is 88.7 Å². The van der Waals surface area contributed by atoms with Crippen LogP contribution in [0.25, 0.3) is 22.3 Å². The highest BCUT2D eigenvalue weighted by Crippen LogP contribution is 2.53. The summed E-state index contributed by atoms with van der Waals surface area (Å²) in [6.07, 6.45) is 15.9. The van der Waals surface area contributed by atoms with Crippen LogP contribution in [0, 0.1) is 0 Å². The monoisotopic (exact) mass is 529 g/mol. The fourth-order valence-corrected chi connectivity index (χ4v) is 8.18. The Kier molecular flexibility index (Phi) is 5.42. The zero-order valence-electron chi connectivity index (χ0n) is 22.0. The van der Waals surface area contributed by atoms with Gasteiger partial charge in [0.2, 0.25) is 5.91 Å². The van der Waals surface area contributed by atoms with Crippen LogP contribution in [0.4, 0.5) is 5.69 Å². The molecular formula is C31H36ClN5O. The van der Waals surface area contributed by atoms with Crippen LogP contribution in [-0.4, -0.2) is 50.5 Å². The van der Waals surface area contributed by atoms with Crippen LogP contribution in [0.5, 0.6) is 0 Å². The predicted molar refractivity (Wildman–Crippen MR) is 151 cm³/mol. The molecule has 198 valence electrons. The number of anilines is 1. The Morgan fingerprint density at radius 3 is 2.42 bits per heavy atom. The van der Waals surface area contributed by atoms with Crippen molar-refractivity contribution in [3.05, 3.63) is 41.3 Å². The molecule has 0 N–H and O–H groups in total. The number of benzene rings is 1. The highest BCUT2D eigenvalue weighted by molar-refractivity contribution is 6.34. The van der Waals surface area contributed by atoms with Gasteiger partial charge in [0, 0.05) is 29.4 Å². The number of nitrogens with zero attached hydrogens (tertiary/aromatic N) is 5. The third-order valence-electron chi connectivity index (χ3n) is 10.2. The number of carbonyl (C=O) groups excluding carboxylic acids is 1. The summed E-state index contributed by atoms with van der Waals surface area (Å²) in [7, 11) is 0. The summed E-state index contributed by atoms with van der Waals surface area (Å²) in [4.78, 5) is 28.7. The van der Waals surface area contributed by atoms with Crippen molar-refractivity contribution in [2.24, 2.45) is 0 Å². The van der Waals surface area contributed by atoms with Gasteiger partial charge in [0.15, 0.2) is 5.15 Å². The third kappa shape index (κ3) is 3.52. The van der Waals surface area contributed by atoms with E-state index in [0.717, 1.165) is 66.5 Å². The molecule has 8 rings (SSSR count). The molecule has 5 aliphatic rings. The number of fused-ring (bicyclic) bond motifs is 3. The zero-order valence-corrected chi connectivity index (χ0v) is 22.8. The Morgan fingerprint density at radius 1 is 0.895 bits per heavy atom. The molecule has 1 aromatic carbocycles. The smallest absolute Gasteiger partial charge is 0.237 e. The molecule has 4 heterocycles. The van der Waals surface area contributed by atoms with Crippen molar-refractivity contribution < 1.29 is 4.79 Å². The molecule has 0 radical (unpaired) electrons. The fourth-order valence-electron chi connectivity index (χ4n) is 7.89. The number of hydrogen-bond acceptors (Lipinski definition) is 4. The van der Waals surface area contributed by atoms with E-state index >= 15 is 0 Å². The number of carbonyl (C=O) groups is 1. The maximum Gasteiger partial charge on any atom is 0.237 e. The SMILES string of the molecule is O=C1N(C2CC(N3CCCCC3)C2)c2cc(-c3cc4ncn(C5CC5)c4c(Cl)n3)ccc2C12CCCCC2. The maximum atomic E-state index is 14.3. The minimum atomic E-state index is -0.333. The molecule has 1 saturated heterocycles. The molecule has 38 heavy (non-hydrogen) atoms.